The average Bonchev–Trinajstić information content (AvgIpc) is 2.95. The molecular formula is C38H56O6S. The molecule has 3 rings (SSSR count). The minimum atomic E-state index is -0.482. The molecule has 0 saturated carbocycles. The summed E-state index contributed by atoms with van der Waals surface area (Å²) in [7, 11) is 0. The molecule has 1 aliphatic rings. The molecule has 2 aromatic carbocycles. The molecule has 2 aromatic rings. The van der Waals surface area contributed by atoms with Crippen molar-refractivity contribution in [2.45, 2.75) is 130 Å². The summed E-state index contributed by atoms with van der Waals surface area (Å²) in [6.07, 6.45) is 1.75. The van der Waals surface area contributed by atoms with Gasteiger partial charge in [-0.25, -0.2) is 0 Å². The van der Waals surface area contributed by atoms with E-state index in [1.165, 1.54) is 0 Å². The first kappa shape index (κ1) is 38.3. The van der Waals surface area contributed by atoms with Crippen molar-refractivity contribution in [2.24, 2.45) is 11.8 Å². The normalized spacial score (nSPS) is 18.5. The van der Waals surface area contributed by atoms with Crippen molar-refractivity contribution in [1.29, 1.82) is 0 Å². The molecular weight excluding hydrogens is 584 g/mol. The Bertz CT molecular complexity index is 1190. The van der Waals surface area contributed by atoms with Crippen LogP contribution in [0.3, 0.4) is 0 Å². The van der Waals surface area contributed by atoms with Crippen LogP contribution in [0.25, 0.3) is 0 Å². The molecule has 2 unspecified atom stereocenters. The molecule has 45 heavy (non-hydrogen) atoms. The summed E-state index contributed by atoms with van der Waals surface area (Å²) >= 11 is 0.443. The number of phenols is 2. The molecule has 250 valence electrons. The van der Waals surface area contributed by atoms with Crippen LogP contribution in [-0.4, -0.2) is 22.2 Å². The van der Waals surface area contributed by atoms with E-state index in [4.69, 9.17) is 8.37 Å². The summed E-state index contributed by atoms with van der Waals surface area (Å²) in [6, 6.07) is 7.98. The maximum atomic E-state index is 13.2. The van der Waals surface area contributed by atoms with Crippen molar-refractivity contribution in [2.75, 3.05) is 0 Å². The van der Waals surface area contributed by atoms with E-state index in [1.54, 1.807) is 0 Å². The SMILES string of the molecule is C=C.CC(C)(C)c1cc(CC2CCC(Cc3cc(C(C)(C)C)c(O)c(C(C)(C)C)c3)C(=O)OSOC2=O)cc(C(C)(C)C)c1O. The molecule has 1 fully saturated rings. The Morgan fingerprint density at radius 3 is 1.07 bits per heavy atom. The fourth-order valence-electron chi connectivity index (χ4n) is 5.71. The van der Waals surface area contributed by atoms with E-state index in [0.717, 1.165) is 33.4 Å². The van der Waals surface area contributed by atoms with E-state index >= 15 is 0 Å². The topological polar surface area (TPSA) is 93.1 Å². The fraction of sp³-hybridized carbons (Fsp3) is 0.579. The molecule has 1 heterocycles. The maximum Gasteiger partial charge on any atom is 0.324 e. The molecule has 6 nitrogen and oxygen atoms in total. The second kappa shape index (κ2) is 14.2. The van der Waals surface area contributed by atoms with E-state index in [0.29, 0.717) is 49.5 Å². The summed E-state index contributed by atoms with van der Waals surface area (Å²) in [5.74, 6) is -1.21. The highest BCUT2D eigenvalue weighted by Crippen LogP contribution is 2.42. The van der Waals surface area contributed by atoms with Gasteiger partial charge in [-0.2, -0.15) is 0 Å². The predicted molar refractivity (Wildman–Crippen MR) is 186 cm³/mol. The van der Waals surface area contributed by atoms with Gasteiger partial charge in [-0.05, 0) is 80.7 Å². The molecule has 1 aliphatic heterocycles. The molecule has 2 atom stereocenters. The molecule has 0 aromatic heterocycles. The van der Waals surface area contributed by atoms with Crippen molar-refractivity contribution in [3.05, 3.63) is 70.8 Å². The molecule has 0 bridgehead atoms. The Kier molecular flexibility index (Phi) is 12.1. The van der Waals surface area contributed by atoms with Gasteiger partial charge in [0.1, 0.15) is 11.5 Å². The van der Waals surface area contributed by atoms with Crippen LogP contribution in [0.2, 0.25) is 0 Å². The van der Waals surface area contributed by atoms with E-state index < -0.39 is 23.8 Å². The van der Waals surface area contributed by atoms with Gasteiger partial charge in [0.05, 0.1) is 11.8 Å². The van der Waals surface area contributed by atoms with E-state index in [1.807, 2.05) is 24.3 Å². The number of hydrogen-bond acceptors (Lipinski definition) is 7. The first-order chi connectivity index (χ1) is 20.5. The van der Waals surface area contributed by atoms with E-state index in [9.17, 15) is 19.8 Å². The van der Waals surface area contributed by atoms with Crippen molar-refractivity contribution >= 4 is 24.3 Å². The molecule has 0 aliphatic carbocycles. The number of rotatable bonds is 4. The number of carbonyl (C=O) groups is 2. The van der Waals surface area contributed by atoms with E-state index in [2.05, 4.69) is 96.2 Å². The summed E-state index contributed by atoms with van der Waals surface area (Å²) in [4.78, 5) is 26.3. The third-order valence-corrected chi connectivity index (χ3v) is 8.76. The van der Waals surface area contributed by atoms with Crippen LogP contribution < -0.4 is 0 Å². The second-order valence-corrected chi connectivity index (χ2v) is 16.8. The van der Waals surface area contributed by atoms with Gasteiger partial charge in [-0.3, -0.25) is 9.59 Å². The van der Waals surface area contributed by atoms with Crippen molar-refractivity contribution in [3.8, 4) is 11.5 Å². The number of carbonyl (C=O) groups excluding carboxylic acids is 2. The number of benzene rings is 2. The van der Waals surface area contributed by atoms with Crippen LogP contribution in [-0.2, 0) is 52.5 Å². The van der Waals surface area contributed by atoms with Gasteiger partial charge in [-0.15, -0.1) is 13.2 Å². The molecule has 2 N–H and O–H groups in total. The zero-order valence-electron chi connectivity index (χ0n) is 29.6. The molecule has 0 spiro atoms. The number of aromatic hydroxyl groups is 2. The lowest BCUT2D eigenvalue weighted by molar-refractivity contribution is -0.138. The number of hydrogen-bond donors (Lipinski definition) is 2. The zero-order valence-corrected chi connectivity index (χ0v) is 30.5. The minimum absolute atomic E-state index is 0.290. The summed E-state index contributed by atoms with van der Waals surface area (Å²) in [5, 5.41) is 22.3. The van der Waals surface area contributed by atoms with E-state index in [-0.39, 0.29) is 21.7 Å². The molecule has 0 amide bonds. The van der Waals surface area contributed by atoms with Crippen molar-refractivity contribution in [3.63, 3.8) is 0 Å². The predicted octanol–water partition coefficient (Wildman–Crippen LogP) is 9.55. The van der Waals surface area contributed by atoms with Gasteiger partial charge in [0.25, 0.3) is 12.3 Å². The van der Waals surface area contributed by atoms with Crippen LogP contribution in [0.1, 0.15) is 129 Å². The van der Waals surface area contributed by atoms with Crippen LogP contribution in [0.5, 0.6) is 11.5 Å². The van der Waals surface area contributed by atoms with Gasteiger partial charge in [-0.1, -0.05) is 107 Å². The standard InChI is InChI=1S/C36H52O6S.C2H4/c1-33(2,3)25-17-21(18-26(29(25)37)34(4,5)6)15-23-13-14-24(32(40)42-43-41-31(23)39)16-22-19-27(35(7,8)9)30(38)28(20-22)36(10,11)12;1-2/h17-20,23-24,37-38H,13-16H2,1-12H3;1-2H2. The largest absolute Gasteiger partial charge is 0.507 e. The second-order valence-electron chi connectivity index (χ2n) is 16.3. The quantitative estimate of drug-likeness (QED) is 0.254. The summed E-state index contributed by atoms with van der Waals surface area (Å²) in [6.45, 7) is 30.8. The molecule has 1 saturated heterocycles. The molecule has 7 heteroatoms. The van der Waals surface area contributed by atoms with Gasteiger partial charge in [0, 0.05) is 0 Å². The van der Waals surface area contributed by atoms with Crippen LogP contribution >= 0.6 is 12.3 Å². The lowest BCUT2D eigenvalue weighted by Gasteiger charge is -2.29. The third kappa shape index (κ3) is 9.78. The first-order valence-electron chi connectivity index (χ1n) is 15.8. The van der Waals surface area contributed by atoms with Gasteiger partial charge in [0.15, 0.2) is 0 Å². The minimum Gasteiger partial charge on any atom is -0.507 e. The number of phenolic OH excluding ortho intramolecular Hbond substituents is 2. The highest BCUT2D eigenvalue weighted by atomic mass is 32.2. The Morgan fingerprint density at radius 1 is 0.600 bits per heavy atom. The van der Waals surface area contributed by atoms with Crippen LogP contribution in [0.15, 0.2) is 37.4 Å². The van der Waals surface area contributed by atoms with Crippen LogP contribution in [0.4, 0.5) is 0 Å². The zero-order chi connectivity index (χ0) is 34.7. The Labute approximate surface area is 276 Å². The van der Waals surface area contributed by atoms with Gasteiger partial charge in [0.2, 0.25) is 0 Å². The third-order valence-electron chi connectivity index (χ3n) is 8.30. The lowest BCUT2D eigenvalue weighted by Crippen LogP contribution is -2.23. The molecule has 0 radical (unpaired) electrons. The fourth-order valence-corrected chi connectivity index (χ4v) is 6.15. The monoisotopic (exact) mass is 640 g/mol. The summed E-state index contributed by atoms with van der Waals surface area (Å²) < 4.78 is 10.7. The lowest BCUT2D eigenvalue weighted by atomic mass is 9.77. The smallest absolute Gasteiger partial charge is 0.324 e. The van der Waals surface area contributed by atoms with Gasteiger partial charge >= 0.3 is 11.9 Å². The first-order valence-corrected chi connectivity index (χ1v) is 16.5. The highest BCUT2D eigenvalue weighted by molar-refractivity contribution is 7.90. The Morgan fingerprint density at radius 2 is 0.844 bits per heavy atom. The van der Waals surface area contributed by atoms with Crippen molar-refractivity contribution in [1.82, 2.24) is 0 Å². The Hall–Kier alpha value is -2.93. The average molecular weight is 641 g/mol. The highest BCUT2D eigenvalue weighted by Gasteiger charge is 2.33. The van der Waals surface area contributed by atoms with Gasteiger partial charge < -0.3 is 18.6 Å². The Balaban J connectivity index is 0.00000345. The maximum absolute atomic E-state index is 13.2. The summed E-state index contributed by atoms with van der Waals surface area (Å²) in [5.41, 5.74) is 4.11. The van der Waals surface area contributed by atoms with Crippen molar-refractivity contribution < 1.29 is 28.2 Å². The van der Waals surface area contributed by atoms with Crippen LogP contribution in [0, 0.1) is 11.8 Å².